The number of benzene rings is 1. The molecule has 2 fully saturated rings. The Labute approximate surface area is 243 Å². The first-order valence-electron chi connectivity index (χ1n) is 13.2. The van der Waals surface area contributed by atoms with Crippen LogP contribution in [0.15, 0.2) is 53.6 Å². The molecule has 0 saturated carbocycles. The lowest BCUT2D eigenvalue weighted by atomic mass is 9.62. The normalized spacial score (nSPS) is 27.4. The average Bonchev–Trinajstić information content (AvgIpc) is 3.30. The van der Waals surface area contributed by atoms with Crippen LogP contribution in [0.3, 0.4) is 0 Å². The van der Waals surface area contributed by atoms with Gasteiger partial charge in [0.2, 0.25) is 11.8 Å². The molecule has 0 aliphatic carbocycles. The molecule has 0 aromatic heterocycles. The van der Waals surface area contributed by atoms with Gasteiger partial charge in [-0.3, -0.25) is 14.5 Å². The number of likely N-dealkylation sites (tertiary alicyclic amines) is 1. The minimum absolute atomic E-state index is 0.000134. The Morgan fingerprint density at radius 3 is 2.65 bits per heavy atom. The Hall–Kier alpha value is -2.33. The lowest BCUT2D eigenvalue weighted by molar-refractivity contribution is -0.126. The number of amides is 2. The molecular formula is C29H35Cl2F3N4O2. The van der Waals surface area contributed by atoms with Crippen LogP contribution in [0.1, 0.15) is 32.8 Å². The number of nitrogens with one attached hydrogen (secondary N) is 3. The molecule has 2 saturated heterocycles. The van der Waals surface area contributed by atoms with E-state index in [1.807, 2.05) is 6.07 Å². The van der Waals surface area contributed by atoms with E-state index in [-0.39, 0.29) is 34.8 Å². The van der Waals surface area contributed by atoms with Gasteiger partial charge in [-0.25, -0.2) is 13.2 Å². The molecule has 3 aliphatic heterocycles. The Balaban J connectivity index is 1.75. The van der Waals surface area contributed by atoms with Crippen molar-refractivity contribution in [3.05, 3.63) is 64.2 Å². The molecule has 0 bridgehead atoms. The van der Waals surface area contributed by atoms with Crippen molar-refractivity contribution in [3.8, 4) is 0 Å². The zero-order valence-corrected chi connectivity index (χ0v) is 24.3. The second kappa shape index (κ2) is 11.9. The molecular weight excluding hydrogens is 564 g/mol. The molecule has 0 unspecified atom stereocenters. The van der Waals surface area contributed by atoms with Crippen LogP contribution in [0.5, 0.6) is 0 Å². The summed E-state index contributed by atoms with van der Waals surface area (Å²) < 4.78 is 38.4. The van der Waals surface area contributed by atoms with E-state index in [1.54, 1.807) is 29.2 Å². The van der Waals surface area contributed by atoms with E-state index in [0.717, 1.165) is 0 Å². The average molecular weight is 600 g/mol. The number of hydrogen-bond donors (Lipinski definition) is 3. The highest BCUT2D eigenvalue weighted by atomic mass is 35.5. The van der Waals surface area contributed by atoms with Gasteiger partial charge in [0.1, 0.15) is 12.1 Å². The van der Waals surface area contributed by atoms with Crippen molar-refractivity contribution in [1.29, 1.82) is 0 Å². The fourth-order valence-corrected chi connectivity index (χ4v) is 6.44. The van der Waals surface area contributed by atoms with Gasteiger partial charge in [0.15, 0.2) is 0 Å². The Bertz CT molecular complexity index is 1230. The fourth-order valence-electron chi connectivity index (χ4n) is 6.19. The van der Waals surface area contributed by atoms with E-state index in [1.165, 1.54) is 6.08 Å². The van der Waals surface area contributed by atoms with Crippen LogP contribution in [0.2, 0.25) is 5.02 Å². The highest BCUT2D eigenvalue weighted by molar-refractivity contribution is 6.31. The van der Waals surface area contributed by atoms with Gasteiger partial charge in [0.05, 0.1) is 18.6 Å². The number of halogens is 5. The third kappa shape index (κ3) is 6.12. The van der Waals surface area contributed by atoms with Crippen LogP contribution in [-0.2, 0) is 15.0 Å². The van der Waals surface area contributed by atoms with Crippen molar-refractivity contribution >= 4 is 40.7 Å². The van der Waals surface area contributed by atoms with Gasteiger partial charge in [-0.05, 0) is 41.2 Å². The van der Waals surface area contributed by atoms with E-state index < -0.39 is 36.5 Å². The summed E-state index contributed by atoms with van der Waals surface area (Å²) >= 11 is 12.1. The molecule has 2 amide bonds. The number of carbonyl (C=O) groups is 2. The molecule has 3 aliphatic rings. The largest absolute Gasteiger partial charge is 0.349 e. The SMILES string of the molecule is C=C(/C=C\C=C(\Cl)CF)[C@H]1[C@H](C(=O)NC2CN(CC(F)F)C2)N[C@H](CC(C)(C)C)[C@]12C(=O)Nc1cc(Cl)ccc12. The van der Waals surface area contributed by atoms with Gasteiger partial charge in [-0.1, -0.05) is 68.8 Å². The molecule has 3 N–H and O–H groups in total. The summed E-state index contributed by atoms with van der Waals surface area (Å²) in [4.78, 5) is 29.4. The number of hydrogen-bond acceptors (Lipinski definition) is 4. The summed E-state index contributed by atoms with van der Waals surface area (Å²) in [6.07, 6.45) is 2.70. The Kier molecular flexibility index (Phi) is 9.10. The van der Waals surface area contributed by atoms with E-state index in [0.29, 0.717) is 41.4 Å². The summed E-state index contributed by atoms with van der Waals surface area (Å²) in [7, 11) is 0. The molecule has 4 rings (SSSR count). The topological polar surface area (TPSA) is 73.5 Å². The van der Waals surface area contributed by atoms with E-state index >= 15 is 0 Å². The minimum atomic E-state index is -2.44. The van der Waals surface area contributed by atoms with Crippen molar-refractivity contribution < 1.29 is 22.8 Å². The van der Waals surface area contributed by atoms with Crippen LogP contribution < -0.4 is 16.0 Å². The first-order valence-corrected chi connectivity index (χ1v) is 14.0. The first-order chi connectivity index (χ1) is 18.8. The van der Waals surface area contributed by atoms with Crippen LogP contribution >= 0.6 is 23.2 Å². The molecule has 6 nitrogen and oxygen atoms in total. The predicted molar refractivity (Wildman–Crippen MR) is 153 cm³/mol. The van der Waals surface area contributed by atoms with E-state index in [9.17, 15) is 22.8 Å². The van der Waals surface area contributed by atoms with Crippen molar-refractivity contribution in [3.63, 3.8) is 0 Å². The third-order valence-corrected chi connectivity index (χ3v) is 8.18. The molecule has 1 spiro atoms. The van der Waals surface area contributed by atoms with Crippen LogP contribution in [-0.4, -0.2) is 67.6 Å². The third-order valence-electron chi connectivity index (χ3n) is 7.72. The van der Waals surface area contributed by atoms with Gasteiger partial charge in [0, 0.05) is 40.8 Å². The molecule has 218 valence electrons. The lowest BCUT2D eigenvalue weighted by Crippen LogP contribution is -2.62. The predicted octanol–water partition coefficient (Wildman–Crippen LogP) is 5.19. The molecule has 1 aromatic rings. The molecule has 40 heavy (non-hydrogen) atoms. The summed E-state index contributed by atoms with van der Waals surface area (Å²) in [6, 6.07) is 3.62. The number of carbonyl (C=O) groups excluding carboxylic acids is 2. The minimum Gasteiger partial charge on any atom is -0.349 e. The summed E-state index contributed by atoms with van der Waals surface area (Å²) in [6.45, 7) is 9.90. The summed E-state index contributed by atoms with van der Waals surface area (Å²) in [5, 5.41) is 9.89. The number of anilines is 1. The quantitative estimate of drug-likeness (QED) is 0.342. The van der Waals surface area contributed by atoms with Crippen molar-refractivity contribution in [2.24, 2.45) is 11.3 Å². The molecule has 4 atom stereocenters. The zero-order valence-electron chi connectivity index (χ0n) is 22.7. The maximum Gasteiger partial charge on any atom is 0.251 e. The lowest BCUT2D eigenvalue weighted by Gasteiger charge is -2.40. The van der Waals surface area contributed by atoms with E-state index in [4.69, 9.17) is 23.2 Å². The monoisotopic (exact) mass is 598 g/mol. The smallest absolute Gasteiger partial charge is 0.251 e. The van der Waals surface area contributed by atoms with Crippen molar-refractivity contribution in [1.82, 2.24) is 15.5 Å². The highest BCUT2D eigenvalue weighted by Gasteiger charge is 2.65. The first kappa shape index (κ1) is 30.6. The van der Waals surface area contributed by atoms with E-state index in [2.05, 4.69) is 43.3 Å². The highest BCUT2D eigenvalue weighted by Crippen LogP contribution is 2.55. The number of rotatable bonds is 9. The number of allylic oxidation sites excluding steroid dienone is 4. The maximum atomic E-state index is 14.1. The number of alkyl halides is 3. The van der Waals surface area contributed by atoms with Crippen LogP contribution in [0.4, 0.5) is 18.9 Å². The molecule has 0 radical (unpaired) electrons. The second-order valence-corrected chi connectivity index (χ2v) is 12.9. The molecule has 3 heterocycles. The molecule has 1 aromatic carbocycles. The van der Waals surface area contributed by atoms with Gasteiger partial charge < -0.3 is 16.0 Å². The van der Waals surface area contributed by atoms with Crippen LogP contribution in [0, 0.1) is 11.3 Å². The van der Waals surface area contributed by atoms with Crippen molar-refractivity contribution in [2.75, 3.05) is 31.6 Å². The Morgan fingerprint density at radius 2 is 2.02 bits per heavy atom. The second-order valence-electron chi connectivity index (χ2n) is 11.9. The molecule has 11 heteroatoms. The fraction of sp³-hybridized carbons (Fsp3) is 0.517. The summed E-state index contributed by atoms with van der Waals surface area (Å²) in [5.41, 5.74) is 0.347. The van der Waals surface area contributed by atoms with Gasteiger partial charge in [-0.15, -0.1) is 0 Å². The maximum absolute atomic E-state index is 14.1. The summed E-state index contributed by atoms with van der Waals surface area (Å²) in [5.74, 6) is -1.34. The zero-order chi connectivity index (χ0) is 29.4. The number of nitrogens with zero attached hydrogens (tertiary/aromatic N) is 1. The van der Waals surface area contributed by atoms with Crippen molar-refractivity contribution in [2.45, 2.75) is 57.2 Å². The Morgan fingerprint density at radius 1 is 1.32 bits per heavy atom. The van der Waals surface area contributed by atoms with Crippen LogP contribution in [0.25, 0.3) is 0 Å². The van der Waals surface area contributed by atoms with Gasteiger partial charge in [-0.2, -0.15) is 0 Å². The standard InChI is InChI=1S/C29H35Cl2F3N4O2/c1-16(6-5-7-18(31)12-32)24-25(26(39)35-19-13-38(14-19)15-23(33)34)37-22(11-28(2,3)4)29(24)20-9-8-17(30)10-21(20)36-27(29)40/h5-10,19,22-25,37H,1,11-15H2,2-4H3,(H,35,39)(H,36,40)/b6-5-,18-7+/t22-,24+,25-,29+/m1/s1. The van der Waals surface area contributed by atoms with Gasteiger partial charge in [0.25, 0.3) is 6.43 Å². The number of fused-ring (bicyclic) bond motifs is 2. The van der Waals surface area contributed by atoms with Gasteiger partial charge >= 0.3 is 0 Å².